The standard InChI is InChI=1S/C17H29NO2/c1-16(2)8-10-17(20,11-9-16)13-18-15(19)12-14-6-4-3-5-7-14/h6,20H,3-5,7-13H2,1-2H3,(H,18,19). The Morgan fingerprint density at radius 3 is 2.55 bits per heavy atom. The zero-order chi connectivity index (χ0) is 14.6. The van der Waals surface area contributed by atoms with Gasteiger partial charge < -0.3 is 10.4 Å². The Labute approximate surface area is 122 Å². The van der Waals surface area contributed by atoms with Gasteiger partial charge in [0.2, 0.25) is 5.91 Å². The van der Waals surface area contributed by atoms with Gasteiger partial charge in [0.05, 0.1) is 5.60 Å². The van der Waals surface area contributed by atoms with E-state index in [2.05, 4.69) is 25.2 Å². The number of carbonyl (C=O) groups is 1. The Morgan fingerprint density at radius 1 is 1.25 bits per heavy atom. The lowest BCUT2D eigenvalue weighted by Crippen LogP contribution is -2.46. The molecule has 3 nitrogen and oxygen atoms in total. The zero-order valence-electron chi connectivity index (χ0n) is 13.0. The van der Waals surface area contributed by atoms with E-state index in [0.717, 1.165) is 38.5 Å². The second-order valence-electron chi connectivity index (χ2n) is 7.45. The molecule has 0 aliphatic heterocycles. The lowest BCUT2D eigenvalue weighted by atomic mass is 9.71. The third-order valence-electron chi connectivity index (χ3n) is 4.92. The van der Waals surface area contributed by atoms with E-state index in [0.29, 0.717) is 18.4 Å². The molecule has 0 atom stereocenters. The van der Waals surface area contributed by atoms with Gasteiger partial charge in [0.15, 0.2) is 0 Å². The summed E-state index contributed by atoms with van der Waals surface area (Å²) in [5.41, 5.74) is 0.917. The Balaban J connectivity index is 1.74. The molecule has 1 fully saturated rings. The smallest absolute Gasteiger partial charge is 0.224 e. The van der Waals surface area contributed by atoms with Crippen LogP contribution < -0.4 is 5.32 Å². The van der Waals surface area contributed by atoms with Gasteiger partial charge in [0.25, 0.3) is 0 Å². The monoisotopic (exact) mass is 279 g/mol. The molecule has 2 aliphatic rings. The van der Waals surface area contributed by atoms with Gasteiger partial charge in [-0.15, -0.1) is 0 Å². The molecule has 1 saturated carbocycles. The maximum atomic E-state index is 12.0. The van der Waals surface area contributed by atoms with Crippen molar-refractivity contribution in [3.63, 3.8) is 0 Å². The fourth-order valence-corrected chi connectivity index (χ4v) is 3.17. The Morgan fingerprint density at radius 2 is 1.95 bits per heavy atom. The molecule has 2 rings (SSSR count). The first kappa shape index (κ1) is 15.6. The summed E-state index contributed by atoms with van der Waals surface area (Å²) in [6, 6.07) is 0. The molecule has 1 amide bonds. The van der Waals surface area contributed by atoms with Crippen molar-refractivity contribution in [1.82, 2.24) is 5.32 Å². The van der Waals surface area contributed by atoms with E-state index in [4.69, 9.17) is 0 Å². The fourth-order valence-electron chi connectivity index (χ4n) is 3.17. The fraction of sp³-hybridized carbons (Fsp3) is 0.824. The van der Waals surface area contributed by atoms with Crippen molar-refractivity contribution < 1.29 is 9.90 Å². The SMILES string of the molecule is CC1(C)CCC(O)(CNC(=O)CC2=CCCCC2)CC1. The molecule has 0 aromatic rings. The number of aliphatic hydroxyl groups is 1. The van der Waals surface area contributed by atoms with Crippen molar-refractivity contribution in [3.05, 3.63) is 11.6 Å². The number of allylic oxidation sites excluding steroid dienone is 1. The van der Waals surface area contributed by atoms with Crippen molar-refractivity contribution in [2.24, 2.45) is 5.41 Å². The first-order valence-electron chi connectivity index (χ1n) is 8.06. The van der Waals surface area contributed by atoms with Gasteiger partial charge in [0.1, 0.15) is 0 Å². The van der Waals surface area contributed by atoms with Gasteiger partial charge in [-0.3, -0.25) is 4.79 Å². The van der Waals surface area contributed by atoms with Crippen LogP contribution in [0.2, 0.25) is 0 Å². The Kier molecular flexibility index (Phi) is 4.90. The quantitative estimate of drug-likeness (QED) is 0.776. The summed E-state index contributed by atoms with van der Waals surface area (Å²) in [7, 11) is 0. The zero-order valence-corrected chi connectivity index (χ0v) is 13.0. The molecule has 0 unspecified atom stereocenters. The molecule has 0 aromatic carbocycles. The first-order chi connectivity index (χ1) is 9.39. The minimum absolute atomic E-state index is 0.0661. The molecule has 3 heteroatoms. The molecular formula is C17H29NO2. The van der Waals surface area contributed by atoms with E-state index in [1.54, 1.807) is 0 Å². The first-order valence-corrected chi connectivity index (χ1v) is 8.06. The van der Waals surface area contributed by atoms with Crippen LogP contribution in [0.3, 0.4) is 0 Å². The molecule has 2 aliphatic carbocycles. The third kappa shape index (κ3) is 4.62. The van der Waals surface area contributed by atoms with E-state index in [1.807, 2.05) is 0 Å². The maximum Gasteiger partial charge on any atom is 0.224 e. The van der Waals surface area contributed by atoms with E-state index in [1.165, 1.54) is 18.4 Å². The molecule has 0 spiro atoms. The Hall–Kier alpha value is -0.830. The summed E-state index contributed by atoms with van der Waals surface area (Å²) in [6.45, 7) is 4.91. The minimum Gasteiger partial charge on any atom is -0.388 e. The Bertz CT molecular complexity index is 374. The van der Waals surface area contributed by atoms with Crippen molar-refractivity contribution in [3.8, 4) is 0 Å². The van der Waals surface area contributed by atoms with Crippen molar-refractivity contribution in [2.45, 2.75) is 77.2 Å². The maximum absolute atomic E-state index is 12.0. The number of hydrogen-bond donors (Lipinski definition) is 2. The molecule has 20 heavy (non-hydrogen) atoms. The van der Waals surface area contributed by atoms with Gasteiger partial charge in [-0.25, -0.2) is 0 Å². The lowest BCUT2D eigenvalue weighted by Gasteiger charge is -2.40. The van der Waals surface area contributed by atoms with Crippen molar-refractivity contribution in [2.75, 3.05) is 6.54 Å². The van der Waals surface area contributed by atoms with E-state index in [-0.39, 0.29) is 5.91 Å². The summed E-state index contributed by atoms with van der Waals surface area (Å²) in [6.07, 6.45) is 11.0. The number of nitrogens with one attached hydrogen (secondary N) is 1. The van der Waals surface area contributed by atoms with Crippen LogP contribution in [0.15, 0.2) is 11.6 Å². The summed E-state index contributed by atoms with van der Waals surface area (Å²) in [5, 5.41) is 13.5. The highest BCUT2D eigenvalue weighted by Crippen LogP contribution is 2.39. The molecule has 0 saturated heterocycles. The summed E-state index contributed by atoms with van der Waals surface area (Å²) in [5.74, 6) is 0.0661. The van der Waals surface area contributed by atoms with Crippen LogP contribution in [0.1, 0.15) is 71.6 Å². The number of hydrogen-bond acceptors (Lipinski definition) is 2. The van der Waals surface area contributed by atoms with Crippen LogP contribution in [0.25, 0.3) is 0 Å². The van der Waals surface area contributed by atoms with Gasteiger partial charge in [-0.05, 0) is 56.8 Å². The summed E-state index contributed by atoms with van der Waals surface area (Å²) in [4.78, 5) is 12.0. The van der Waals surface area contributed by atoms with Gasteiger partial charge in [0, 0.05) is 13.0 Å². The van der Waals surface area contributed by atoms with Crippen LogP contribution >= 0.6 is 0 Å². The van der Waals surface area contributed by atoms with Crippen LogP contribution in [-0.2, 0) is 4.79 Å². The number of amides is 1. The third-order valence-corrected chi connectivity index (χ3v) is 4.92. The van der Waals surface area contributed by atoms with Crippen LogP contribution in [0, 0.1) is 5.41 Å². The highest BCUT2D eigenvalue weighted by molar-refractivity contribution is 5.78. The largest absolute Gasteiger partial charge is 0.388 e. The van der Waals surface area contributed by atoms with Gasteiger partial charge >= 0.3 is 0 Å². The highest BCUT2D eigenvalue weighted by atomic mass is 16.3. The summed E-state index contributed by atoms with van der Waals surface area (Å²) >= 11 is 0. The van der Waals surface area contributed by atoms with Gasteiger partial charge in [-0.1, -0.05) is 25.5 Å². The van der Waals surface area contributed by atoms with Crippen LogP contribution in [0.4, 0.5) is 0 Å². The highest BCUT2D eigenvalue weighted by Gasteiger charge is 2.36. The minimum atomic E-state index is -0.688. The topological polar surface area (TPSA) is 49.3 Å². The molecular weight excluding hydrogens is 250 g/mol. The average molecular weight is 279 g/mol. The van der Waals surface area contributed by atoms with Gasteiger partial charge in [-0.2, -0.15) is 0 Å². The molecule has 0 heterocycles. The van der Waals surface area contributed by atoms with Crippen molar-refractivity contribution >= 4 is 5.91 Å². The van der Waals surface area contributed by atoms with Crippen LogP contribution in [0.5, 0.6) is 0 Å². The summed E-state index contributed by atoms with van der Waals surface area (Å²) < 4.78 is 0. The molecule has 0 bridgehead atoms. The molecule has 114 valence electrons. The molecule has 0 aromatic heterocycles. The van der Waals surface area contributed by atoms with E-state index < -0.39 is 5.60 Å². The predicted molar refractivity (Wildman–Crippen MR) is 81.4 cm³/mol. The molecule has 0 radical (unpaired) electrons. The average Bonchev–Trinajstić information content (AvgIpc) is 2.42. The normalized spacial score (nSPS) is 24.9. The lowest BCUT2D eigenvalue weighted by molar-refractivity contribution is -0.122. The van der Waals surface area contributed by atoms with E-state index in [9.17, 15) is 9.90 Å². The number of rotatable bonds is 4. The van der Waals surface area contributed by atoms with E-state index >= 15 is 0 Å². The van der Waals surface area contributed by atoms with Crippen molar-refractivity contribution in [1.29, 1.82) is 0 Å². The number of carbonyl (C=O) groups excluding carboxylic acids is 1. The molecule has 2 N–H and O–H groups in total. The van der Waals surface area contributed by atoms with Crippen LogP contribution in [-0.4, -0.2) is 23.2 Å². The second kappa shape index (κ2) is 6.30. The second-order valence-corrected chi connectivity index (χ2v) is 7.45. The predicted octanol–water partition coefficient (Wildman–Crippen LogP) is 3.32.